The van der Waals surface area contributed by atoms with E-state index in [0.29, 0.717) is 31.0 Å². The number of primary amides is 1. The molecule has 2 aromatic carbocycles. The van der Waals surface area contributed by atoms with Gasteiger partial charge in [-0.05, 0) is 67.3 Å². The van der Waals surface area contributed by atoms with Crippen LogP contribution in [0.15, 0.2) is 42.5 Å². The Bertz CT molecular complexity index is 1050. The Kier molecular flexibility index (Phi) is 9.78. The van der Waals surface area contributed by atoms with Gasteiger partial charge >= 0.3 is 0 Å². The molecule has 0 radical (unpaired) electrons. The number of hydrogen-bond donors (Lipinski definition) is 6. The number of carbonyl (C=O) groups excluding carboxylic acids is 2. The standard InChI is InChI=1S/C27H38N2O6S/c1-16-6-9-19(26-25(33)24(32)22(30)15-36(26)3)14-20(16)13-18-7-10-21(11-8-18)35-12-4-5-23(31)29-17(2)27(28)34/h6-11,14,17,22,24-26,30,32-33,36H,4-5,12-13,15H2,1-3H3,(H2,28,34)(H,29,31)/t17-,22-,24-,25-,26+/m1/s1. The van der Waals surface area contributed by atoms with E-state index in [1.165, 1.54) is 0 Å². The molecule has 1 unspecified atom stereocenters. The van der Waals surface area contributed by atoms with Crippen LogP contribution in [0.25, 0.3) is 0 Å². The number of aliphatic hydroxyl groups is 3. The van der Waals surface area contributed by atoms with Gasteiger partial charge in [0.05, 0.1) is 18.8 Å². The minimum absolute atomic E-state index is 0.172. The first-order valence-corrected chi connectivity index (χ1v) is 14.3. The highest BCUT2D eigenvalue weighted by Crippen LogP contribution is 2.48. The van der Waals surface area contributed by atoms with Crippen molar-refractivity contribution in [3.63, 3.8) is 0 Å². The van der Waals surface area contributed by atoms with Gasteiger partial charge in [-0.2, -0.15) is 0 Å². The van der Waals surface area contributed by atoms with Crippen LogP contribution in [0.2, 0.25) is 0 Å². The molecule has 0 aliphatic carbocycles. The summed E-state index contributed by atoms with van der Waals surface area (Å²) in [6.45, 7) is 3.98. The second-order valence-electron chi connectivity index (χ2n) is 9.58. The van der Waals surface area contributed by atoms with Gasteiger partial charge in [-0.1, -0.05) is 30.3 Å². The Morgan fingerprint density at radius 2 is 1.83 bits per heavy atom. The Balaban J connectivity index is 1.56. The largest absolute Gasteiger partial charge is 0.494 e. The van der Waals surface area contributed by atoms with Crippen LogP contribution in [0.4, 0.5) is 0 Å². The van der Waals surface area contributed by atoms with Gasteiger partial charge in [0.25, 0.3) is 0 Å². The van der Waals surface area contributed by atoms with E-state index in [1.54, 1.807) is 6.92 Å². The van der Waals surface area contributed by atoms with Gasteiger partial charge in [-0.25, -0.2) is 10.9 Å². The molecule has 2 amide bonds. The average Bonchev–Trinajstić information content (AvgIpc) is 2.83. The van der Waals surface area contributed by atoms with Gasteiger partial charge in [-0.3, -0.25) is 9.59 Å². The summed E-state index contributed by atoms with van der Waals surface area (Å²) >= 11 is 0. The molecule has 1 fully saturated rings. The molecule has 0 spiro atoms. The quantitative estimate of drug-likeness (QED) is 0.208. The van der Waals surface area contributed by atoms with Crippen molar-refractivity contribution in [1.29, 1.82) is 0 Å². The third-order valence-corrected chi connectivity index (χ3v) is 9.17. The molecule has 8 nitrogen and oxygen atoms in total. The topological polar surface area (TPSA) is 142 Å². The van der Waals surface area contributed by atoms with Gasteiger partial charge in [0.1, 0.15) is 17.9 Å². The molecule has 3 rings (SSSR count). The van der Waals surface area contributed by atoms with Gasteiger partial charge in [-0.15, -0.1) is 0 Å². The van der Waals surface area contributed by atoms with E-state index in [0.717, 1.165) is 22.3 Å². The molecule has 198 valence electrons. The molecule has 9 heteroatoms. The van der Waals surface area contributed by atoms with Gasteiger partial charge in [0.15, 0.2) is 0 Å². The summed E-state index contributed by atoms with van der Waals surface area (Å²) in [5, 5.41) is 33.2. The summed E-state index contributed by atoms with van der Waals surface area (Å²) in [5.74, 6) is 0.423. The highest BCUT2D eigenvalue weighted by Gasteiger charge is 2.40. The Morgan fingerprint density at radius 1 is 1.14 bits per heavy atom. The average molecular weight is 519 g/mol. The van der Waals surface area contributed by atoms with Gasteiger partial charge in [0, 0.05) is 17.4 Å². The molecular weight excluding hydrogens is 480 g/mol. The molecule has 1 aliphatic rings. The molecule has 0 aromatic heterocycles. The van der Waals surface area contributed by atoms with Crippen molar-refractivity contribution >= 4 is 22.7 Å². The summed E-state index contributed by atoms with van der Waals surface area (Å²) in [6, 6.07) is 13.3. The number of benzene rings is 2. The predicted octanol–water partition coefficient (Wildman–Crippen LogP) is 1.50. The molecule has 36 heavy (non-hydrogen) atoms. The monoisotopic (exact) mass is 518 g/mol. The second kappa shape index (κ2) is 12.6. The van der Waals surface area contributed by atoms with Gasteiger partial charge < -0.3 is 31.1 Å². The first-order valence-electron chi connectivity index (χ1n) is 12.2. The molecule has 0 bridgehead atoms. The van der Waals surface area contributed by atoms with E-state index < -0.39 is 41.2 Å². The Morgan fingerprint density at radius 3 is 2.50 bits per heavy atom. The van der Waals surface area contributed by atoms with Crippen molar-refractivity contribution in [3.05, 3.63) is 64.7 Å². The summed E-state index contributed by atoms with van der Waals surface area (Å²) < 4.78 is 5.74. The number of thiol groups is 1. The number of ether oxygens (including phenoxy) is 1. The highest BCUT2D eigenvalue weighted by atomic mass is 32.2. The molecule has 1 saturated heterocycles. The Labute approximate surface area is 215 Å². The zero-order chi connectivity index (χ0) is 26.4. The number of amides is 2. The summed E-state index contributed by atoms with van der Waals surface area (Å²) in [7, 11) is -0.664. The van der Waals surface area contributed by atoms with E-state index in [4.69, 9.17) is 10.5 Å². The number of aryl methyl sites for hydroxylation is 1. The smallest absolute Gasteiger partial charge is 0.239 e. The van der Waals surface area contributed by atoms with Crippen molar-refractivity contribution in [2.45, 2.75) is 62.7 Å². The number of nitrogens with one attached hydrogen (secondary N) is 1. The molecule has 6 atom stereocenters. The lowest BCUT2D eigenvalue weighted by Crippen LogP contribution is -2.47. The lowest BCUT2D eigenvalue weighted by molar-refractivity contribution is -0.127. The fourth-order valence-electron chi connectivity index (χ4n) is 4.44. The first-order chi connectivity index (χ1) is 17.1. The zero-order valence-electron chi connectivity index (χ0n) is 21.1. The normalized spacial score (nSPS) is 25.7. The third kappa shape index (κ3) is 7.22. The van der Waals surface area contributed by atoms with E-state index in [2.05, 4.69) is 30.6 Å². The first kappa shape index (κ1) is 28.0. The van der Waals surface area contributed by atoms with Gasteiger partial charge in [0.2, 0.25) is 11.8 Å². The highest BCUT2D eigenvalue weighted by molar-refractivity contribution is 8.16. The maximum atomic E-state index is 11.8. The van der Waals surface area contributed by atoms with Crippen LogP contribution >= 0.6 is 10.9 Å². The summed E-state index contributed by atoms with van der Waals surface area (Å²) in [6.07, 6.45) is 0.563. The number of hydrogen-bond acceptors (Lipinski definition) is 6. The van der Waals surface area contributed by atoms with Crippen molar-refractivity contribution in [2.75, 3.05) is 18.6 Å². The van der Waals surface area contributed by atoms with Crippen LogP contribution in [0, 0.1) is 6.92 Å². The summed E-state index contributed by atoms with van der Waals surface area (Å²) in [4.78, 5) is 22.8. The number of carbonyl (C=O) groups is 2. The van der Waals surface area contributed by atoms with Crippen LogP contribution in [-0.4, -0.2) is 70.1 Å². The predicted molar refractivity (Wildman–Crippen MR) is 142 cm³/mol. The number of rotatable bonds is 10. The maximum absolute atomic E-state index is 11.8. The van der Waals surface area contributed by atoms with Crippen molar-refractivity contribution < 1.29 is 29.6 Å². The Hall–Kier alpha value is -2.59. The lowest BCUT2D eigenvalue weighted by atomic mass is 9.94. The SMILES string of the molecule is Cc1ccc([C@H]2[C@H](O)[C@H](O)[C@H](O)C[SH]2C)cc1Cc1ccc(OCCCC(=O)N[C@H](C)C(N)=O)cc1. The van der Waals surface area contributed by atoms with Crippen molar-refractivity contribution in [2.24, 2.45) is 5.73 Å². The molecule has 0 saturated carbocycles. The maximum Gasteiger partial charge on any atom is 0.239 e. The van der Waals surface area contributed by atoms with Crippen molar-refractivity contribution in [3.8, 4) is 5.75 Å². The molecule has 6 N–H and O–H groups in total. The minimum atomic E-state index is -1.13. The van der Waals surface area contributed by atoms with Crippen molar-refractivity contribution in [1.82, 2.24) is 5.32 Å². The van der Waals surface area contributed by atoms with Crippen LogP contribution in [0.5, 0.6) is 5.75 Å². The molecule has 1 aliphatic heterocycles. The van der Waals surface area contributed by atoms with E-state index in [9.17, 15) is 24.9 Å². The number of aliphatic hydroxyl groups excluding tert-OH is 3. The second-order valence-corrected chi connectivity index (χ2v) is 12.0. The summed E-state index contributed by atoms with van der Waals surface area (Å²) in [5.41, 5.74) is 9.54. The molecule has 1 heterocycles. The number of nitrogens with two attached hydrogens (primary N) is 1. The third-order valence-electron chi connectivity index (χ3n) is 6.67. The fourth-order valence-corrected chi connectivity index (χ4v) is 6.84. The van der Waals surface area contributed by atoms with Crippen LogP contribution in [0.3, 0.4) is 0 Å². The van der Waals surface area contributed by atoms with Crippen LogP contribution in [0.1, 0.15) is 47.3 Å². The fraction of sp³-hybridized carbons (Fsp3) is 0.481. The van der Waals surface area contributed by atoms with E-state index >= 15 is 0 Å². The van der Waals surface area contributed by atoms with E-state index in [-0.39, 0.29) is 17.6 Å². The molecule has 2 aromatic rings. The zero-order valence-corrected chi connectivity index (χ0v) is 21.9. The van der Waals surface area contributed by atoms with E-state index in [1.807, 2.05) is 30.3 Å². The lowest BCUT2D eigenvalue weighted by Gasteiger charge is -2.42. The van der Waals surface area contributed by atoms with Crippen LogP contribution in [-0.2, 0) is 16.0 Å². The molecular formula is C27H38N2O6S. The van der Waals surface area contributed by atoms with Crippen LogP contribution < -0.4 is 15.8 Å². The minimum Gasteiger partial charge on any atom is -0.494 e.